The molecule has 0 amide bonds. The zero-order valence-electron chi connectivity index (χ0n) is 8.76. The lowest BCUT2D eigenvalue weighted by Gasteiger charge is -2.25. The van der Waals surface area contributed by atoms with E-state index in [1.165, 1.54) is 5.56 Å². The van der Waals surface area contributed by atoms with Gasteiger partial charge in [-0.1, -0.05) is 13.8 Å². The number of halogens is 1. The van der Waals surface area contributed by atoms with Crippen LogP contribution < -0.4 is 5.32 Å². The van der Waals surface area contributed by atoms with Crippen molar-refractivity contribution >= 4 is 11.6 Å². The number of alkyl halides is 1. The molecular formula is C11H17ClN2. The molecule has 1 aromatic rings. The Kier molecular flexibility index (Phi) is 4.36. The van der Waals surface area contributed by atoms with Gasteiger partial charge in [0, 0.05) is 36.8 Å². The van der Waals surface area contributed by atoms with Gasteiger partial charge in [-0.15, -0.1) is 11.6 Å². The lowest BCUT2D eigenvalue weighted by Crippen LogP contribution is -2.33. The van der Waals surface area contributed by atoms with E-state index in [2.05, 4.69) is 36.3 Å². The predicted molar refractivity (Wildman–Crippen MR) is 60.9 cm³/mol. The molecule has 0 radical (unpaired) electrons. The minimum atomic E-state index is 0.134. The first-order valence-electron chi connectivity index (χ1n) is 4.84. The molecular weight excluding hydrogens is 196 g/mol. The number of rotatable bonds is 5. The number of hydrogen-bond acceptors (Lipinski definition) is 2. The van der Waals surface area contributed by atoms with E-state index >= 15 is 0 Å². The van der Waals surface area contributed by atoms with Gasteiger partial charge in [0.2, 0.25) is 0 Å². The largest absolute Gasteiger partial charge is 0.315 e. The summed E-state index contributed by atoms with van der Waals surface area (Å²) in [4.78, 5) is 4.01. The van der Waals surface area contributed by atoms with Crippen LogP contribution in [0.2, 0.25) is 0 Å². The van der Waals surface area contributed by atoms with E-state index in [-0.39, 0.29) is 5.41 Å². The SMILES string of the molecule is CC(C)(CNCCCl)c1ccncc1. The molecule has 0 aliphatic heterocycles. The summed E-state index contributed by atoms with van der Waals surface area (Å²) in [6.07, 6.45) is 3.66. The van der Waals surface area contributed by atoms with Crippen LogP contribution in [0.4, 0.5) is 0 Å². The Labute approximate surface area is 90.7 Å². The predicted octanol–water partition coefficient (Wildman–Crippen LogP) is 2.19. The Morgan fingerprint density at radius 2 is 2.00 bits per heavy atom. The van der Waals surface area contributed by atoms with Crippen LogP contribution in [0.25, 0.3) is 0 Å². The van der Waals surface area contributed by atoms with E-state index in [1.54, 1.807) is 0 Å². The molecule has 2 nitrogen and oxygen atoms in total. The molecule has 0 saturated carbocycles. The third-order valence-electron chi connectivity index (χ3n) is 2.30. The Hall–Kier alpha value is -0.600. The lowest BCUT2D eigenvalue weighted by atomic mass is 9.85. The minimum absolute atomic E-state index is 0.134. The summed E-state index contributed by atoms with van der Waals surface area (Å²) in [5.74, 6) is 0.659. The fourth-order valence-electron chi connectivity index (χ4n) is 1.37. The third-order valence-corrected chi connectivity index (χ3v) is 2.49. The van der Waals surface area contributed by atoms with Gasteiger partial charge >= 0.3 is 0 Å². The van der Waals surface area contributed by atoms with Crippen molar-refractivity contribution in [3.05, 3.63) is 30.1 Å². The second kappa shape index (κ2) is 5.32. The fourth-order valence-corrected chi connectivity index (χ4v) is 1.51. The maximum absolute atomic E-state index is 5.60. The Morgan fingerprint density at radius 1 is 1.36 bits per heavy atom. The molecule has 0 atom stereocenters. The molecule has 0 fully saturated rings. The molecule has 0 unspecified atom stereocenters. The van der Waals surface area contributed by atoms with Gasteiger partial charge in [0.25, 0.3) is 0 Å². The van der Waals surface area contributed by atoms with E-state index in [4.69, 9.17) is 11.6 Å². The highest BCUT2D eigenvalue weighted by molar-refractivity contribution is 6.18. The van der Waals surface area contributed by atoms with Gasteiger partial charge < -0.3 is 5.32 Å². The highest BCUT2D eigenvalue weighted by Crippen LogP contribution is 2.20. The molecule has 1 rings (SSSR count). The van der Waals surface area contributed by atoms with E-state index < -0.39 is 0 Å². The molecule has 0 aliphatic carbocycles. The quantitative estimate of drug-likeness (QED) is 0.598. The molecule has 1 aromatic heterocycles. The second-order valence-electron chi connectivity index (χ2n) is 3.99. The molecule has 14 heavy (non-hydrogen) atoms. The summed E-state index contributed by atoms with van der Waals surface area (Å²) < 4.78 is 0. The molecule has 1 heterocycles. The van der Waals surface area contributed by atoms with Crippen LogP contribution in [0.1, 0.15) is 19.4 Å². The Bertz CT molecular complexity index is 259. The minimum Gasteiger partial charge on any atom is -0.315 e. The standard InChI is InChI=1S/C11H17ClN2/c1-11(2,9-14-8-5-12)10-3-6-13-7-4-10/h3-4,6-7,14H,5,8-9H2,1-2H3. The van der Waals surface area contributed by atoms with E-state index in [0.29, 0.717) is 5.88 Å². The summed E-state index contributed by atoms with van der Waals surface area (Å²) in [5.41, 5.74) is 1.43. The maximum atomic E-state index is 5.60. The summed E-state index contributed by atoms with van der Waals surface area (Å²) in [6.45, 7) is 6.22. The molecule has 78 valence electrons. The van der Waals surface area contributed by atoms with Gasteiger partial charge in [0.05, 0.1) is 0 Å². The van der Waals surface area contributed by atoms with Crippen LogP contribution in [-0.4, -0.2) is 24.0 Å². The number of nitrogens with one attached hydrogen (secondary N) is 1. The van der Waals surface area contributed by atoms with E-state index in [1.807, 2.05) is 12.4 Å². The Balaban J connectivity index is 2.56. The van der Waals surface area contributed by atoms with Crippen molar-refractivity contribution in [2.75, 3.05) is 19.0 Å². The van der Waals surface area contributed by atoms with Gasteiger partial charge in [0.15, 0.2) is 0 Å². The molecule has 0 aliphatic rings. The molecule has 0 spiro atoms. The van der Waals surface area contributed by atoms with Crippen molar-refractivity contribution < 1.29 is 0 Å². The molecule has 0 aromatic carbocycles. The van der Waals surface area contributed by atoms with Crippen LogP contribution in [0, 0.1) is 0 Å². The highest BCUT2D eigenvalue weighted by atomic mass is 35.5. The van der Waals surface area contributed by atoms with Crippen molar-refractivity contribution in [2.45, 2.75) is 19.3 Å². The second-order valence-corrected chi connectivity index (χ2v) is 4.36. The number of nitrogens with zero attached hydrogens (tertiary/aromatic N) is 1. The smallest absolute Gasteiger partial charge is 0.0348 e. The van der Waals surface area contributed by atoms with Gasteiger partial charge in [-0.25, -0.2) is 0 Å². The van der Waals surface area contributed by atoms with E-state index in [9.17, 15) is 0 Å². The average molecular weight is 213 g/mol. The van der Waals surface area contributed by atoms with Crippen LogP contribution >= 0.6 is 11.6 Å². The topological polar surface area (TPSA) is 24.9 Å². The van der Waals surface area contributed by atoms with Crippen LogP contribution in [-0.2, 0) is 5.41 Å². The summed E-state index contributed by atoms with van der Waals surface area (Å²) in [7, 11) is 0. The molecule has 1 N–H and O–H groups in total. The number of pyridine rings is 1. The third kappa shape index (κ3) is 3.28. The van der Waals surface area contributed by atoms with Crippen LogP contribution in [0.5, 0.6) is 0 Å². The van der Waals surface area contributed by atoms with E-state index in [0.717, 1.165) is 13.1 Å². The van der Waals surface area contributed by atoms with Crippen molar-refractivity contribution in [2.24, 2.45) is 0 Å². The summed E-state index contributed by atoms with van der Waals surface area (Å²) >= 11 is 5.60. The van der Waals surface area contributed by atoms with Gasteiger partial charge in [-0.3, -0.25) is 4.98 Å². The Morgan fingerprint density at radius 3 is 2.57 bits per heavy atom. The van der Waals surface area contributed by atoms with Crippen molar-refractivity contribution in [1.29, 1.82) is 0 Å². The van der Waals surface area contributed by atoms with Crippen LogP contribution in [0.15, 0.2) is 24.5 Å². The van der Waals surface area contributed by atoms with Crippen molar-refractivity contribution in [1.82, 2.24) is 10.3 Å². The number of aromatic nitrogens is 1. The average Bonchev–Trinajstić information content (AvgIpc) is 2.19. The van der Waals surface area contributed by atoms with Crippen molar-refractivity contribution in [3.63, 3.8) is 0 Å². The first kappa shape index (κ1) is 11.5. The number of hydrogen-bond donors (Lipinski definition) is 1. The highest BCUT2D eigenvalue weighted by Gasteiger charge is 2.19. The van der Waals surface area contributed by atoms with Gasteiger partial charge in [-0.2, -0.15) is 0 Å². The molecule has 0 bridgehead atoms. The zero-order valence-corrected chi connectivity index (χ0v) is 9.51. The monoisotopic (exact) mass is 212 g/mol. The zero-order chi connectivity index (χ0) is 10.4. The van der Waals surface area contributed by atoms with Gasteiger partial charge in [-0.05, 0) is 17.7 Å². The first-order chi connectivity index (χ1) is 6.67. The van der Waals surface area contributed by atoms with Gasteiger partial charge in [0.1, 0.15) is 0 Å². The molecule has 0 saturated heterocycles. The van der Waals surface area contributed by atoms with Crippen LogP contribution in [0.3, 0.4) is 0 Å². The maximum Gasteiger partial charge on any atom is 0.0348 e. The summed E-state index contributed by atoms with van der Waals surface area (Å²) in [5, 5.41) is 3.32. The normalized spacial score (nSPS) is 11.6. The van der Waals surface area contributed by atoms with Crippen molar-refractivity contribution in [3.8, 4) is 0 Å². The first-order valence-corrected chi connectivity index (χ1v) is 5.37. The lowest BCUT2D eigenvalue weighted by molar-refractivity contribution is 0.478. The fraction of sp³-hybridized carbons (Fsp3) is 0.545. The summed E-state index contributed by atoms with van der Waals surface area (Å²) in [6, 6.07) is 4.12. The molecule has 3 heteroatoms.